The molecule has 12 aromatic carbocycles. The Morgan fingerprint density at radius 2 is 0.164 bits per heavy atom. The van der Waals surface area contributed by atoms with E-state index in [2.05, 4.69) is 198 Å². The quantitative estimate of drug-likeness (QED) is 0.0353. The van der Waals surface area contributed by atoms with Gasteiger partial charge in [-0.1, -0.05) is 70.8 Å². The summed E-state index contributed by atoms with van der Waals surface area (Å²) in [5.74, 6) is 15.6. The van der Waals surface area contributed by atoms with Crippen LogP contribution in [0.25, 0.3) is 0 Å². The number of benzene rings is 12. The molecule has 0 spiro atoms. The van der Waals surface area contributed by atoms with Crippen LogP contribution in [0.2, 0.25) is 0 Å². The fourth-order valence-corrected chi connectivity index (χ4v) is 18.3. The normalized spacial score (nSPS) is 11.8. The van der Waals surface area contributed by atoms with Crippen molar-refractivity contribution in [1.82, 2.24) is 0 Å². The van der Waals surface area contributed by atoms with Crippen LogP contribution in [0.5, 0.6) is 115 Å². The Labute approximate surface area is 870 Å². The molecule has 20 bridgehead atoms. The van der Waals surface area contributed by atoms with Gasteiger partial charge in [0, 0.05) is 175 Å². The van der Waals surface area contributed by atoms with Gasteiger partial charge >= 0.3 is 0 Å². The summed E-state index contributed by atoms with van der Waals surface area (Å²) in [5, 5.41) is 0. The molecule has 784 valence electrons. The lowest BCUT2D eigenvalue weighted by Crippen LogP contribution is -2.08. The second-order valence-electron chi connectivity index (χ2n) is 35.4. The number of rotatable bonds is 40. The maximum atomic E-state index is 6.43. The fourth-order valence-electron chi connectivity index (χ4n) is 18.3. The number of hydrogen-bond donors (Lipinski definition) is 0. The van der Waals surface area contributed by atoms with E-state index in [0.29, 0.717) is 196 Å². The summed E-state index contributed by atoms with van der Waals surface area (Å²) >= 11 is 0. The lowest BCUT2D eigenvalue weighted by molar-refractivity contribution is 0.320. The first kappa shape index (κ1) is 113. The van der Waals surface area contributed by atoms with Gasteiger partial charge in [0.2, 0.25) is 0 Å². The summed E-state index contributed by atoms with van der Waals surface area (Å²) in [4.78, 5) is 0. The van der Waals surface area contributed by atoms with E-state index in [-0.39, 0.29) is 0 Å². The third-order valence-corrected chi connectivity index (χ3v) is 24.7. The first-order valence-corrected chi connectivity index (χ1v) is 53.3. The molecule has 0 aromatic heterocycles. The van der Waals surface area contributed by atoms with Gasteiger partial charge in [-0.25, -0.2) is 0 Å². The molecule has 20 nitrogen and oxygen atoms in total. The highest BCUT2D eigenvalue weighted by Gasteiger charge is 2.29. The molecule has 0 amide bonds. The lowest BCUT2D eigenvalue weighted by Gasteiger charge is -2.21. The first-order valence-electron chi connectivity index (χ1n) is 53.3. The molecular weight excluding hydrogens is 1830 g/mol. The zero-order valence-corrected chi connectivity index (χ0v) is 91.5. The average molecular weight is 1990 g/mol. The highest BCUT2D eigenvalue weighted by molar-refractivity contribution is 5.64. The van der Waals surface area contributed by atoms with Crippen molar-refractivity contribution in [2.75, 3.05) is 132 Å². The van der Waals surface area contributed by atoms with Gasteiger partial charge in [-0.2, -0.15) is 0 Å². The van der Waals surface area contributed by atoms with Crippen molar-refractivity contribution in [3.63, 3.8) is 0 Å². The molecule has 0 fully saturated rings. The molecule has 146 heavy (non-hydrogen) atoms. The molecule has 0 aliphatic heterocycles. The largest absolute Gasteiger partial charge is 0.494 e. The van der Waals surface area contributed by atoms with Crippen molar-refractivity contribution < 1.29 is 94.7 Å². The van der Waals surface area contributed by atoms with Crippen LogP contribution in [-0.2, 0) is 64.2 Å². The Hall–Kier alpha value is -13.4. The molecule has 20 aliphatic rings. The van der Waals surface area contributed by atoms with E-state index in [0.717, 1.165) is 226 Å². The maximum absolute atomic E-state index is 6.43. The number of aryl methyl sites for hydroxylation is 4. The van der Waals surface area contributed by atoms with Crippen molar-refractivity contribution >= 4 is 0 Å². The minimum atomic E-state index is 0.496. The van der Waals surface area contributed by atoms with E-state index in [1.807, 2.05) is 138 Å². The van der Waals surface area contributed by atoms with Crippen LogP contribution < -0.4 is 94.7 Å². The summed E-state index contributed by atoms with van der Waals surface area (Å²) in [6.07, 6.45) is 5.27. The molecule has 0 atom stereocenters. The van der Waals surface area contributed by atoms with Crippen LogP contribution in [0.1, 0.15) is 272 Å². The number of ether oxygens (including phenoxy) is 20. The zero-order valence-electron chi connectivity index (χ0n) is 91.5. The van der Waals surface area contributed by atoms with E-state index in [4.69, 9.17) is 94.7 Å². The third-order valence-electron chi connectivity index (χ3n) is 24.7. The van der Waals surface area contributed by atoms with E-state index < -0.39 is 0 Å². The van der Waals surface area contributed by atoms with Crippen molar-refractivity contribution in [3.05, 3.63) is 303 Å². The van der Waals surface area contributed by atoms with E-state index in [1.54, 1.807) is 0 Å². The van der Waals surface area contributed by atoms with E-state index in [1.165, 1.54) is 22.3 Å². The van der Waals surface area contributed by atoms with Gasteiger partial charge in [0.1, 0.15) is 115 Å². The van der Waals surface area contributed by atoms with Crippen LogP contribution in [0.15, 0.2) is 170 Å². The van der Waals surface area contributed by atoms with Crippen molar-refractivity contribution in [2.24, 2.45) is 0 Å². The van der Waals surface area contributed by atoms with Gasteiger partial charge in [0.05, 0.1) is 132 Å². The summed E-state index contributed by atoms with van der Waals surface area (Å²) < 4.78 is 129. The van der Waals surface area contributed by atoms with Crippen molar-refractivity contribution in [3.8, 4) is 115 Å². The molecule has 32 rings (SSSR count). The van der Waals surface area contributed by atoms with Gasteiger partial charge in [0.15, 0.2) is 0 Å². The molecule has 0 saturated heterocycles. The second kappa shape index (κ2) is 58.1. The van der Waals surface area contributed by atoms with Gasteiger partial charge in [0.25, 0.3) is 0 Å². The van der Waals surface area contributed by atoms with Crippen LogP contribution >= 0.6 is 0 Å². The molecule has 20 aliphatic carbocycles. The highest BCUT2D eigenvalue weighted by atomic mass is 16.5. The Kier molecular flexibility index (Phi) is 45.0. The molecule has 12 aromatic rings. The minimum absolute atomic E-state index is 0.496. The predicted octanol–water partition coefficient (Wildman–Crippen LogP) is 28.5. The maximum Gasteiger partial charge on any atom is 0.123 e. The summed E-state index contributed by atoms with van der Waals surface area (Å²) in [5.41, 5.74) is 24.9. The topological polar surface area (TPSA) is 185 Å². The molecule has 20 heteroatoms. The Bertz CT molecular complexity index is 4660. The van der Waals surface area contributed by atoms with Gasteiger partial charge < -0.3 is 94.7 Å². The van der Waals surface area contributed by atoms with Gasteiger partial charge in [-0.3, -0.25) is 0 Å². The van der Waals surface area contributed by atoms with E-state index >= 15 is 0 Å². The van der Waals surface area contributed by atoms with E-state index in [9.17, 15) is 0 Å². The minimum Gasteiger partial charge on any atom is -0.494 e. The second-order valence-corrected chi connectivity index (χ2v) is 35.4. The Morgan fingerprint density at radius 3 is 0.212 bits per heavy atom. The molecule has 0 N–H and O–H groups in total. The van der Waals surface area contributed by atoms with Crippen LogP contribution in [0.4, 0.5) is 0 Å². The van der Waals surface area contributed by atoms with Gasteiger partial charge in [-0.05, 0) is 287 Å². The standard InChI is InChI=1S/2C55H70O10.2C8H10/c2*1-11-56-46-26-37-22-39-29-51(61-16-6)41(31-50(39)60-15-5)24-43-33-55(65-20-10)45(35-54(43)64-19-9)25-44-34-52(62-17-7)42(32-53(44)63-18-8)23-40-30-48(58-13-3)38(28-49(40)59-14-4)21-36(46)27-47(37)57-12-2;2*1-7-3-5-8(2)6-4-7/h2*26-35H,11-25H2,1-10H3;2*3-6H,1-2H3. The Balaban J connectivity index is 0.000000240. The smallest absolute Gasteiger partial charge is 0.123 e. The van der Waals surface area contributed by atoms with Crippen molar-refractivity contribution in [1.29, 1.82) is 0 Å². The lowest BCUT2D eigenvalue weighted by atomic mass is 9.94. The van der Waals surface area contributed by atoms with Gasteiger partial charge in [-0.15, -0.1) is 0 Å². The van der Waals surface area contributed by atoms with Crippen LogP contribution in [-0.4, -0.2) is 132 Å². The third kappa shape index (κ3) is 30.9. The van der Waals surface area contributed by atoms with Crippen molar-refractivity contribution in [2.45, 2.75) is 230 Å². The molecular formula is C126H160O20. The molecule has 0 unspecified atom stereocenters. The zero-order chi connectivity index (χ0) is 105. The fraction of sp³-hybridized carbons (Fsp3) is 0.429. The molecule has 0 saturated carbocycles. The Morgan fingerprint density at radius 1 is 0.110 bits per heavy atom. The highest BCUT2D eigenvalue weighted by Crippen LogP contribution is 2.48. The number of hydrogen-bond acceptors (Lipinski definition) is 20. The molecule has 0 radical (unpaired) electrons. The molecule has 0 heterocycles. The predicted molar refractivity (Wildman–Crippen MR) is 588 cm³/mol. The summed E-state index contributed by atoms with van der Waals surface area (Å²) in [6, 6.07) is 59.3. The first-order chi connectivity index (χ1) is 71.0. The SMILES string of the molecule is CCOc1cc2c(OCC)cc1Cc1cc(OCC)c(cc1OCC)Cc1cc(OCC)c(cc1OCC)Cc1cc(OCC)c(cc1OCC)Cc1cc(OCC)c(cc1OCC)C2.CCOc1cc2c(OCC)cc1Cc1cc(OCC)c(cc1OCC)Cc1cc(OCC)c(cc1OCC)Cc1cc(OCC)c(cc1OCC)Cc1cc(OCC)c(cc1OCC)C2.Cc1ccc(C)cc1.Cc1ccc(C)cc1. The van der Waals surface area contributed by atoms with Crippen LogP contribution in [0.3, 0.4) is 0 Å². The summed E-state index contributed by atoms with van der Waals surface area (Å²) in [7, 11) is 0. The average Bonchev–Trinajstić information content (AvgIpc) is 1.01. The van der Waals surface area contributed by atoms with Crippen LogP contribution in [0, 0.1) is 27.7 Å². The summed E-state index contributed by atoms with van der Waals surface area (Å²) in [6.45, 7) is 58.5. The monoisotopic (exact) mass is 1990 g/mol.